The first-order chi connectivity index (χ1) is 12.0. The lowest BCUT2D eigenvalue weighted by Crippen LogP contribution is -2.35. The van der Waals surface area contributed by atoms with Crippen molar-refractivity contribution >= 4 is 29.5 Å². The molecule has 0 aliphatic heterocycles. The molecule has 0 unspecified atom stereocenters. The van der Waals surface area contributed by atoms with Crippen molar-refractivity contribution in [1.29, 1.82) is 0 Å². The second kappa shape index (κ2) is 8.84. The number of carboxylic acids is 1. The number of nitrogens with zero attached hydrogens (tertiary/aromatic N) is 1. The van der Waals surface area contributed by atoms with Gasteiger partial charge in [-0.3, -0.25) is 14.4 Å². The summed E-state index contributed by atoms with van der Waals surface area (Å²) < 4.78 is 0. The van der Waals surface area contributed by atoms with Crippen LogP contribution in [0.4, 0.5) is 10.5 Å². The Bertz CT molecular complexity index is 702. The number of hydrogen-bond acceptors (Lipinski definition) is 4. The van der Waals surface area contributed by atoms with E-state index in [4.69, 9.17) is 10.8 Å². The second-order valence-electron chi connectivity index (χ2n) is 6.53. The quantitative estimate of drug-likeness (QED) is 0.541. The van der Waals surface area contributed by atoms with E-state index in [2.05, 4.69) is 10.6 Å². The van der Waals surface area contributed by atoms with Gasteiger partial charge in [-0.15, -0.1) is 0 Å². The Labute approximate surface area is 151 Å². The molecule has 1 aromatic carbocycles. The molecule has 4 amide bonds. The first-order valence-electron chi connectivity index (χ1n) is 7.95. The summed E-state index contributed by atoms with van der Waals surface area (Å²) in [7, 11) is 1.45. The van der Waals surface area contributed by atoms with Crippen LogP contribution in [0.15, 0.2) is 24.3 Å². The summed E-state index contributed by atoms with van der Waals surface area (Å²) in [5.74, 6) is -1.97. The predicted octanol–water partition coefficient (Wildman–Crippen LogP) is 0.866. The summed E-state index contributed by atoms with van der Waals surface area (Å²) in [5, 5.41) is 14.2. The standard InChI is InChI=1S/C17H24N4O5/c1-17(2,15(24)25)7-8-19-16(26)20-12-6-4-5-11(9-12)14(23)21(3)10-13(18)22/h4-6,9H,7-8,10H2,1-3H3,(H2,18,22)(H,24,25)(H2,19,20,26). The van der Waals surface area contributed by atoms with Crippen molar-refractivity contribution in [3.63, 3.8) is 0 Å². The summed E-state index contributed by atoms with van der Waals surface area (Å²) in [5.41, 5.74) is 4.80. The van der Waals surface area contributed by atoms with Crippen molar-refractivity contribution in [2.75, 3.05) is 25.5 Å². The third-order valence-electron chi connectivity index (χ3n) is 3.72. The fourth-order valence-electron chi connectivity index (χ4n) is 2.03. The van der Waals surface area contributed by atoms with E-state index in [0.29, 0.717) is 11.3 Å². The fraction of sp³-hybridized carbons (Fsp3) is 0.412. The van der Waals surface area contributed by atoms with Gasteiger partial charge in [0.1, 0.15) is 0 Å². The highest BCUT2D eigenvalue weighted by Crippen LogP contribution is 2.19. The number of anilines is 1. The molecule has 1 rings (SSSR count). The first kappa shape index (κ1) is 20.9. The van der Waals surface area contributed by atoms with Gasteiger partial charge >= 0.3 is 12.0 Å². The smallest absolute Gasteiger partial charge is 0.319 e. The molecule has 26 heavy (non-hydrogen) atoms. The van der Waals surface area contributed by atoms with Crippen LogP contribution >= 0.6 is 0 Å². The van der Waals surface area contributed by atoms with Crippen LogP contribution in [0.5, 0.6) is 0 Å². The molecule has 0 atom stereocenters. The number of nitrogens with one attached hydrogen (secondary N) is 2. The molecular formula is C17H24N4O5. The molecule has 0 aliphatic carbocycles. The molecule has 0 heterocycles. The van der Waals surface area contributed by atoms with E-state index >= 15 is 0 Å². The van der Waals surface area contributed by atoms with Gasteiger partial charge in [0.25, 0.3) is 5.91 Å². The molecule has 0 bridgehead atoms. The zero-order valence-corrected chi connectivity index (χ0v) is 15.0. The Hall–Kier alpha value is -3.10. The van der Waals surface area contributed by atoms with Crippen LogP contribution in [0.25, 0.3) is 0 Å². The molecule has 0 saturated carbocycles. The Balaban J connectivity index is 2.63. The van der Waals surface area contributed by atoms with Crippen LogP contribution < -0.4 is 16.4 Å². The highest BCUT2D eigenvalue weighted by atomic mass is 16.4. The van der Waals surface area contributed by atoms with Gasteiger partial charge in [-0.25, -0.2) is 4.79 Å². The Morgan fingerprint density at radius 1 is 1.23 bits per heavy atom. The predicted molar refractivity (Wildman–Crippen MR) is 95.7 cm³/mol. The average molecular weight is 364 g/mol. The van der Waals surface area contributed by atoms with Crippen molar-refractivity contribution < 1.29 is 24.3 Å². The van der Waals surface area contributed by atoms with Gasteiger partial charge in [0.15, 0.2) is 0 Å². The molecule has 142 valence electrons. The molecule has 5 N–H and O–H groups in total. The maximum atomic E-state index is 12.2. The number of carbonyl (C=O) groups excluding carboxylic acids is 3. The van der Waals surface area contributed by atoms with Gasteiger partial charge in [-0.05, 0) is 38.5 Å². The Morgan fingerprint density at radius 3 is 2.46 bits per heavy atom. The SMILES string of the molecule is CN(CC(N)=O)C(=O)c1cccc(NC(=O)NCCC(C)(C)C(=O)O)c1. The normalized spacial score (nSPS) is 10.7. The number of rotatable bonds is 8. The summed E-state index contributed by atoms with van der Waals surface area (Å²) in [6, 6.07) is 5.71. The summed E-state index contributed by atoms with van der Waals surface area (Å²) in [6.45, 7) is 3.13. The van der Waals surface area contributed by atoms with Crippen LogP contribution in [0, 0.1) is 5.41 Å². The Morgan fingerprint density at radius 2 is 1.88 bits per heavy atom. The molecule has 9 nitrogen and oxygen atoms in total. The number of nitrogens with two attached hydrogens (primary N) is 1. The summed E-state index contributed by atoms with van der Waals surface area (Å²) >= 11 is 0. The van der Waals surface area contributed by atoms with Gasteiger partial charge in [-0.2, -0.15) is 0 Å². The number of carbonyl (C=O) groups is 4. The number of primary amides is 1. The molecule has 0 aliphatic rings. The number of benzene rings is 1. The van der Waals surface area contributed by atoms with Gasteiger partial charge < -0.3 is 26.4 Å². The highest BCUT2D eigenvalue weighted by Gasteiger charge is 2.26. The van der Waals surface area contributed by atoms with Gasteiger partial charge in [0, 0.05) is 24.8 Å². The molecular weight excluding hydrogens is 340 g/mol. The fourth-order valence-corrected chi connectivity index (χ4v) is 2.03. The summed E-state index contributed by atoms with van der Waals surface area (Å²) in [6.07, 6.45) is 0.270. The van der Waals surface area contributed by atoms with E-state index in [-0.39, 0.29) is 19.5 Å². The summed E-state index contributed by atoms with van der Waals surface area (Å²) in [4.78, 5) is 47.2. The maximum absolute atomic E-state index is 12.2. The van der Waals surface area contributed by atoms with Crippen molar-refractivity contribution in [2.24, 2.45) is 11.1 Å². The monoisotopic (exact) mass is 364 g/mol. The van der Waals surface area contributed by atoms with Gasteiger partial charge in [0.2, 0.25) is 5.91 Å². The van der Waals surface area contributed by atoms with Gasteiger partial charge in [-0.1, -0.05) is 6.07 Å². The topological polar surface area (TPSA) is 142 Å². The van der Waals surface area contributed by atoms with E-state index in [1.54, 1.807) is 32.0 Å². The van der Waals surface area contributed by atoms with E-state index in [1.165, 1.54) is 18.0 Å². The lowest BCUT2D eigenvalue weighted by Gasteiger charge is -2.19. The van der Waals surface area contributed by atoms with E-state index in [9.17, 15) is 19.2 Å². The van der Waals surface area contributed by atoms with E-state index in [0.717, 1.165) is 0 Å². The van der Waals surface area contributed by atoms with E-state index in [1.807, 2.05) is 0 Å². The third-order valence-corrected chi connectivity index (χ3v) is 3.72. The van der Waals surface area contributed by atoms with Crippen LogP contribution in [-0.2, 0) is 9.59 Å². The largest absolute Gasteiger partial charge is 0.481 e. The minimum Gasteiger partial charge on any atom is -0.481 e. The number of urea groups is 1. The molecule has 0 fully saturated rings. The molecule has 0 aromatic heterocycles. The molecule has 0 spiro atoms. The highest BCUT2D eigenvalue weighted by molar-refractivity contribution is 5.98. The lowest BCUT2D eigenvalue weighted by atomic mass is 9.90. The van der Waals surface area contributed by atoms with E-state index < -0.39 is 29.2 Å². The molecule has 1 aromatic rings. The lowest BCUT2D eigenvalue weighted by molar-refractivity contribution is -0.147. The number of carboxylic acid groups (broad SMARTS) is 1. The number of aliphatic carboxylic acids is 1. The maximum Gasteiger partial charge on any atom is 0.319 e. The minimum atomic E-state index is -0.940. The Kier molecular flexibility index (Phi) is 7.12. The van der Waals surface area contributed by atoms with Crippen LogP contribution in [0.2, 0.25) is 0 Å². The minimum absolute atomic E-state index is 0.186. The number of likely N-dealkylation sites (N-methyl/N-ethyl adjacent to an activating group) is 1. The van der Waals surface area contributed by atoms with Crippen LogP contribution in [0.3, 0.4) is 0 Å². The van der Waals surface area contributed by atoms with Crippen molar-refractivity contribution in [1.82, 2.24) is 10.2 Å². The van der Waals surface area contributed by atoms with Crippen molar-refractivity contribution in [3.05, 3.63) is 29.8 Å². The van der Waals surface area contributed by atoms with Crippen LogP contribution in [0.1, 0.15) is 30.6 Å². The molecule has 0 radical (unpaired) electrons. The first-order valence-corrected chi connectivity index (χ1v) is 7.95. The number of hydrogen-bond donors (Lipinski definition) is 4. The average Bonchev–Trinajstić information content (AvgIpc) is 2.53. The zero-order valence-electron chi connectivity index (χ0n) is 15.0. The zero-order chi connectivity index (χ0) is 19.9. The molecule has 9 heteroatoms. The molecule has 0 saturated heterocycles. The van der Waals surface area contributed by atoms with Crippen molar-refractivity contribution in [3.8, 4) is 0 Å². The number of amides is 4. The second-order valence-corrected chi connectivity index (χ2v) is 6.53. The van der Waals surface area contributed by atoms with Crippen molar-refractivity contribution in [2.45, 2.75) is 20.3 Å². The van der Waals surface area contributed by atoms with Gasteiger partial charge in [0.05, 0.1) is 12.0 Å². The van der Waals surface area contributed by atoms with Crippen LogP contribution in [-0.4, -0.2) is 54.0 Å². The third kappa shape index (κ3) is 6.42.